The number of benzene rings is 2. The third-order valence-corrected chi connectivity index (χ3v) is 6.89. The molecular formula is C25H26FN3O3. The molecule has 6 nitrogen and oxygen atoms in total. The summed E-state index contributed by atoms with van der Waals surface area (Å²) < 4.78 is 19.0. The normalized spacial score (nSPS) is 18.3. The summed E-state index contributed by atoms with van der Waals surface area (Å²) in [4.78, 5) is 28.2. The summed E-state index contributed by atoms with van der Waals surface area (Å²) in [5.41, 5.74) is 3.18. The molecule has 0 saturated carbocycles. The second-order valence-corrected chi connectivity index (χ2v) is 8.78. The third kappa shape index (κ3) is 3.99. The number of amides is 1. The predicted molar refractivity (Wildman–Crippen MR) is 119 cm³/mol. The Balaban J connectivity index is 1.16. The standard InChI is InChI=1S/C25H26FN3O3/c26-20-3-6-23-22(15-20)24(27-32-23)18-7-13-29(14-8-18)25(31)19-9-11-28(12-10-19)21-4-1-17(16-30)2-5-21/h1-6,15-16,18-19H,7-14H2. The second kappa shape index (κ2) is 8.73. The number of nitrogens with zero attached hydrogens (tertiary/aromatic N) is 3. The molecule has 2 saturated heterocycles. The predicted octanol–water partition coefficient (Wildman–Crippen LogP) is 4.40. The first kappa shape index (κ1) is 20.7. The lowest BCUT2D eigenvalue weighted by molar-refractivity contribution is -0.137. The Kier molecular flexibility index (Phi) is 5.64. The molecule has 2 aliphatic rings. The Hall–Kier alpha value is -3.22. The smallest absolute Gasteiger partial charge is 0.225 e. The first-order chi connectivity index (χ1) is 15.6. The van der Waals surface area contributed by atoms with Crippen LogP contribution in [0.5, 0.6) is 0 Å². The summed E-state index contributed by atoms with van der Waals surface area (Å²) >= 11 is 0. The van der Waals surface area contributed by atoms with Gasteiger partial charge < -0.3 is 14.3 Å². The number of piperidine rings is 2. The van der Waals surface area contributed by atoms with Crippen molar-refractivity contribution < 1.29 is 18.5 Å². The van der Waals surface area contributed by atoms with Gasteiger partial charge in [-0.3, -0.25) is 9.59 Å². The number of aldehydes is 1. The van der Waals surface area contributed by atoms with Gasteiger partial charge in [0.2, 0.25) is 5.91 Å². The van der Waals surface area contributed by atoms with Crippen molar-refractivity contribution in [2.45, 2.75) is 31.6 Å². The molecule has 0 N–H and O–H groups in total. The van der Waals surface area contributed by atoms with E-state index in [0.717, 1.165) is 61.8 Å². The number of carbonyl (C=O) groups excluding carboxylic acids is 2. The minimum absolute atomic E-state index is 0.0547. The van der Waals surface area contributed by atoms with Gasteiger partial charge in [0.15, 0.2) is 5.58 Å². The van der Waals surface area contributed by atoms with Gasteiger partial charge >= 0.3 is 0 Å². The lowest BCUT2D eigenvalue weighted by atomic mass is 9.89. The zero-order valence-electron chi connectivity index (χ0n) is 17.9. The maximum atomic E-state index is 13.7. The van der Waals surface area contributed by atoms with Crippen LogP contribution in [0.4, 0.5) is 10.1 Å². The Morgan fingerprint density at radius 3 is 2.41 bits per heavy atom. The van der Waals surface area contributed by atoms with Gasteiger partial charge in [0.1, 0.15) is 12.1 Å². The van der Waals surface area contributed by atoms with Crippen LogP contribution < -0.4 is 4.90 Å². The fourth-order valence-electron chi connectivity index (χ4n) is 5.00. The molecule has 3 heterocycles. The number of rotatable bonds is 4. The van der Waals surface area contributed by atoms with Gasteiger partial charge in [0.25, 0.3) is 0 Å². The summed E-state index contributed by atoms with van der Waals surface area (Å²) in [6.45, 7) is 3.06. The largest absolute Gasteiger partial charge is 0.371 e. The van der Waals surface area contributed by atoms with Crippen LogP contribution in [0, 0.1) is 11.7 Å². The molecule has 0 spiro atoms. The maximum Gasteiger partial charge on any atom is 0.225 e. The average molecular weight is 435 g/mol. The molecule has 1 amide bonds. The number of hydrogen-bond acceptors (Lipinski definition) is 5. The quantitative estimate of drug-likeness (QED) is 0.568. The van der Waals surface area contributed by atoms with Crippen molar-refractivity contribution >= 4 is 28.8 Å². The number of hydrogen-bond donors (Lipinski definition) is 0. The van der Waals surface area contributed by atoms with E-state index in [-0.39, 0.29) is 23.6 Å². The molecule has 0 radical (unpaired) electrons. The Morgan fingerprint density at radius 1 is 1.00 bits per heavy atom. The molecular weight excluding hydrogens is 409 g/mol. The average Bonchev–Trinajstić information content (AvgIpc) is 3.27. The highest BCUT2D eigenvalue weighted by molar-refractivity contribution is 5.81. The molecule has 0 bridgehead atoms. The number of carbonyl (C=O) groups is 2. The first-order valence-electron chi connectivity index (χ1n) is 11.3. The van der Waals surface area contributed by atoms with Crippen molar-refractivity contribution in [2.75, 3.05) is 31.1 Å². The SMILES string of the molecule is O=Cc1ccc(N2CCC(C(=O)N3CCC(c4noc5ccc(F)cc45)CC3)CC2)cc1. The van der Waals surface area contributed by atoms with Gasteiger partial charge in [0, 0.05) is 54.7 Å². The Bertz CT molecular complexity index is 1110. The first-order valence-corrected chi connectivity index (χ1v) is 11.3. The molecule has 166 valence electrons. The van der Waals surface area contributed by atoms with Crippen molar-refractivity contribution in [3.05, 3.63) is 59.5 Å². The van der Waals surface area contributed by atoms with Crippen molar-refractivity contribution in [1.82, 2.24) is 10.1 Å². The van der Waals surface area contributed by atoms with Gasteiger partial charge in [-0.15, -0.1) is 0 Å². The summed E-state index contributed by atoms with van der Waals surface area (Å²) in [7, 11) is 0. The highest BCUT2D eigenvalue weighted by Crippen LogP contribution is 2.34. The van der Waals surface area contributed by atoms with Crippen LogP contribution in [0.1, 0.15) is 47.7 Å². The molecule has 7 heteroatoms. The van der Waals surface area contributed by atoms with Crippen LogP contribution in [0.3, 0.4) is 0 Å². The van der Waals surface area contributed by atoms with Crippen LogP contribution in [-0.2, 0) is 4.79 Å². The van der Waals surface area contributed by atoms with E-state index < -0.39 is 0 Å². The summed E-state index contributed by atoms with van der Waals surface area (Å²) in [5, 5.41) is 4.94. The van der Waals surface area contributed by atoms with E-state index >= 15 is 0 Å². The van der Waals surface area contributed by atoms with Crippen molar-refractivity contribution in [3.63, 3.8) is 0 Å². The molecule has 0 unspecified atom stereocenters. The number of likely N-dealkylation sites (tertiary alicyclic amines) is 1. The lowest BCUT2D eigenvalue weighted by Crippen LogP contribution is -2.45. The van der Waals surface area contributed by atoms with E-state index in [4.69, 9.17) is 4.52 Å². The van der Waals surface area contributed by atoms with Crippen molar-refractivity contribution in [3.8, 4) is 0 Å². The van der Waals surface area contributed by atoms with Crippen LogP contribution in [-0.4, -0.2) is 48.4 Å². The van der Waals surface area contributed by atoms with Gasteiger partial charge in [-0.2, -0.15) is 0 Å². The lowest BCUT2D eigenvalue weighted by Gasteiger charge is -2.37. The zero-order valence-corrected chi connectivity index (χ0v) is 17.9. The summed E-state index contributed by atoms with van der Waals surface area (Å²) in [5.74, 6) is 0.188. The molecule has 32 heavy (non-hydrogen) atoms. The van der Waals surface area contributed by atoms with E-state index in [1.807, 2.05) is 29.2 Å². The summed E-state index contributed by atoms with van der Waals surface area (Å²) in [6, 6.07) is 12.1. The highest BCUT2D eigenvalue weighted by Gasteiger charge is 2.32. The third-order valence-electron chi connectivity index (χ3n) is 6.89. The van der Waals surface area contributed by atoms with E-state index in [1.54, 1.807) is 6.07 Å². The molecule has 2 aliphatic heterocycles. The Morgan fingerprint density at radius 2 is 1.72 bits per heavy atom. The monoisotopic (exact) mass is 435 g/mol. The van der Waals surface area contributed by atoms with Gasteiger partial charge in [-0.05, 0) is 68.1 Å². The minimum Gasteiger partial charge on any atom is -0.371 e. The summed E-state index contributed by atoms with van der Waals surface area (Å²) in [6.07, 6.45) is 4.14. The second-order valence-electron chi connectivity index (χ2n) is 8.78. The molecule has 1 aromatic heterocycles. The van der Waals surface area contributed by atoms with Crippen LogP contribution in [0.2, 0.25) is 0 Å². The van der Waals surface area contributed by atoms with Gasteiger partial charge in [-0.1, -0.05) is 5.16 Å². The van der Waals surface area contributed by atoms with Crippen LogP contribution >= 0.6 is 0 Å². The fraction of sp³-hybridized carbons (Fsp3) is 0.400. The van der Waals surface area contributed by atoms with E-state index in [0.29, 0.717) is 24.2 Å². The van der Waals surface area contributed by atoms with E-state index in [2.05, 4.69) is 10.1 Å². The number of fused-ring (bicyclic) bond motifs is 1. The molecule has 2 aromatic carbocycles. The minimum atomic E-state index is -0.291. The molecule has 5 rings (SSSR count). The highest BCUT2D eigenvalue weighted by atomic mass is 19.1. The van der Waals surface area contributed by atoms with Crippen LogP contribution in [0.25, 0.3) is 11.0 Å². The molecule has 0 aliphatic carbocycles. The molecule has 3 aromatic rings. The van der Waals surface area contributed by atoms with E-state index in [9.17, 15) is 14.0 Å². The number of aromatic nitrogens is 1. The molecule has 2 fully saturated rings. The van der Waals surface area contributed by atoms with Crippen LogP contribution in [0.15, 0.2) is 47.0 Å². The van der Waals surface area contributed by atoms with Gasteiger partial charge in [-0.25, -0.2) is 4.39 Å². The zero-order chi connectivity index (χ0) is 22.1. The Labute approximate surface area is 186 Å². The topological polar surface area (TPSA) is 66.7 Å². The molecule has 0 atom stereocenters. The maximum absolute atomic E-state index is 13.7. The number of halogens is 1. The number of anilines is 1. The van der Waals surface area contributed by atoms with E-state index in [1.165, 1.54) is 12.1 Å². The van der Waals surface area contributed by atoms with Crippen molar-refractivity contribution in [2.24, 2.45) is 5.92 Å². The fourth-order valence-corrected chi connectivity index (χ4v) is 5.00. The van der Waals surface area contributed by atoms with Gasteiger partial charge in [0.05, 0.1) is 5.69 Å². The van der Waals surface area contributed by atoms with Crippen molar-refractivity contribution in [1.29, 1.82) is 0 Å².